The van der Waals surface area contributed by atoms with E-state index in [-0.39, 0.29) is 0 Å². The molecule has 4 atom stereocenters. The van der Waals surface area contributed by atoms with Gasteiger partial charge in [-0.3, -0.25) is 4.90 Å². The molecular weight excluding hydrogens is 236 g/mol. The van der Waals surface area contributed by atoms with E-state index < -0.39 is 0 Å². The van der Waals surface area contributed by atoms with Gasteiger partial charge in [0.05, 0.1) is 12.3 Å². The van der Waals surface area contributed by atoms with Crippen LogP contribution in [0.15, 0.2) is 22.8 Å². The van der Waals surface area contributed by atoms with Gasteiger partial charge in [-0.2, -0.15) is 0 Å². The van der Waals surface area contributed by atoms with Crippen LogP contribution in [0, 0.1) is 11.8 Å². The molecule has 3 nitrogen and oxygen atoms in total. The van der Waals surface area contributed by atoms with Crippen molar-refractivity contribution in [1.29, 1.82) is 0 Å². The number of hydrogen-bond acceptors (Lipinski definition) is 3. The van der Waals surface area contributed by atoms with Crippen molar-refractivity contribution < 1.29 is 4.42 Å². The lowest BCUT2D eigenvalue weighted by atomic mass is 9.80. The predicted molar refractivity (Wildman–Crippen MR) is 79.1 cm³/mol. The summed E-state index contributed by atoms with van der Waals surface area (Å²) >= 11 is 0. The van der Waals surface area contributed by atoms with E-state index in [1.807, 2.05) is 6.07 Å². The molecule has 0 amide bonds. The highest BCUT2D eigenvalue weighted by molar-refractivity contribution is 5.05. The number of furan rings is 1. The first kappa shape index (κ1) is 14.6. The summed E-state index contributed by atoms with van der Waals surface area (Å²) in [6.07, 6.45) is 5.80. The molecule has 4 unspecified atom stereocenters. The number of nitrogens with zero attached hydrogens (tertiary/aromatic N) is 1. The standard InChI is InChI=1S/C16H28N2O/c1-12-7-8-13(2)14(10-12)17-11-15(18(3)4)16-6-5-9-19-16/h5-6,9,12-15,17H,7-8,10-11H2,1-4H3. The van der Waals surface area contributed by atoms with E-state index >= 15 is 0 Å². The predicted octanol–water partition coefficient (Wildman–Crippen LogP) is 3.30. The lowest BCUT2D eigenvalue weighted by molar-refractivity contribution is 0.194. The third-order valence-electron chi connectivity index (χ3n) is 4.53. The monoisotopic (exact) mass is 264 g/mol. The van der Waals surface area contributed by atoms with Crippen LogP contribution < -0.4 is 5.32 Å². The molecule has 1 saturated carbocycles. The van der Waals surface area contributed by atoms with Crippen LogP contribution in [0.25, 0.3) is 0 Å². The SMILES string of the molecule is CC1CCC(C)C(NCC(c2ccco2)N(C)C)C1. The van der Waals surface area contributed by atoms with Gasteiger partial charge >= 0.3 is 0 Å². The normalized spacial score (nSPS) is 29.6. The minimum atomic E-state index is 0.319. The van der Waals surface area contributed by atoms with Gasteiger partial charge in [-0.15, -0.1) is 0 Å². The van der Waals surface area contributed by atoms with Crippen LogP contribution in [0.1, 0.15) is 44.9 Å². The molecule has 108 valence electrons. The second-order valence-corrected chi connectivity index (χ2v) is 6.41. The Bertz CT molecular complexity index is 361. The number of likely N-dealkylation sites (N-methyl/N-ethyl adjacent to an activating group) is 1. The molecule has 1 fully saturated rings. The molecule has 1 aromatic rings. The maximum atomic E-state index is 5.56. The highest BCUT2D eigenvalue weighted by Crippen LogP contribution is 2.29. The summed E-state index contributed by atoms with van der Waals surface area (Å²) < 4.78 is 5.56. The summed E-state index contributed by atoms with van der Waals surface area (Å²) in [7, 11) is 4.23. The molecule has 1 N–H and O–H groups in total. The Morgan fingerprint density at radius 2 is 2.16 bits per heavy atom. The summed E-state index contributed by atoms with van der Waals surface area (Å²) in [6, 6.07) is 5.01. The quantitative estimate of drug-likeness (QED) is 0.884. The van der Waals surface area contributed by atoms with Crippen LogP contribution in [-0.4, -0.2) is 31.6 Å². The van der Waals surface area contributed by atoms with Crippen LogP contribution >= 0.6 is 0 Å². The lowest BCUT2D eigenvalue weighted by Crippen LogP contribution is -2.43. The van der Waals surface area contributed by atoms with E-state index in [0.29, 0.717) is 12.1 Å². The van der Waals surface area contributed by atoms with E-state index in [0.717, 1.165) is 24.1 Å². The van der Waals surface area contributed by atoms with Gasteiger partial charge in [-0.05, 0) is 50.9 Å². The zero-order chi connectivity index (χ0) is 13.8. The molecule has 0 saturated heterocycles. The average Bonchev–Trinajstić information content (AvgIpc) is 2.87. The Morgan fingerprint density at radius 1 is 1.37 bits per heavy atom. The molecule has 1 aliphatic carbocycles. The molecule has 0 aliphatic heterocycles. The molecule has 19 heavy (non-hydrogen) atoms. The Balaban J connectivity index is 1.91. The molecular formula is C16H28N2O. The molecule has 0 aromatic carbocycles. The van der Waals surface area contributed by atoms with Crippen molar-refractivity contribution in [3.05, 3.63) is 24.2 Å². The van der Waals surface area contributed by atoms with E-state index in [2.05, 4.69) is 44.2 Å². The summed E-state index contributed by atoms with van der Waals surface area (Å²) in [5, 5.41) is 3.77. The molecule has 0 bridgehead atoms. The maximum absolute atomic E-state index is 5.56. The van der Waals surface area contributed by atoms with Crippen LogP contribution in [0.4, 0.5) is 0 Å². The fourth-order valence-electron chi connectivity index (χ4n) is 3.10. The lowest BCUT2D eigenvalue weighted by Gasteiger charge is -2.35. The second-order valence-electron chi connectivity index (χ2n) is 6.41. The zero-order valence-electron chi connectivity index (χ0n) is 12.7. The first-order valence-electron chi connectivity index (χ1n) is 7.51. The van der Waals surface area contributed by atoms with Gasteiger partial charge in [-0.1, -0.05) is 20.3 Å². The van der Waals surface area contributed by atoms with Crippen molar-refractivity contribution in [3.63, 3.8) is 0 Å². The van der Waals surface area contributed by atoms with Crippen molar-refractivity contribution in [2.75, 3.05) is 20.6 Å². The summed E-state index contributed by atoms with van der Waals surface area (Å²) in [5.41, 5.74) is 0. The summed E-state index contributed by atoms with van der Waals surface area (Å²) in [5.74, 6) is 2.69. The van der Waals surface area contributed by atoms with E-state index in [1.165, 1.54) is 19.3 Å². The minimum absolute atomic E-state index is 0.319. The first-order valence-corrected chi connectivity index (χ1v) is 7.51. The number of hydrogen-bond donors (Lipinski definition) is 1. The van der Waals surface area contributed by atoms with Crippen molar-refractivity contribution in [1.82, 2.24) is 10.2 Å². The smallest absolute Gasteiger partial charge is 0.122 e. The Kier molecular flexibility index (Phi) is 5.06. The molecule has 0 radical (unpaired) electrons. The van der Waals surface area contributed by atoms with E-state index in [1.54, 1.807) is 6.26 Å². The third-order valence-corrected chi connectivity index (χ3v) is 4.53. The number of nitrogens with one attached hydrogen (secondary N) is 1. The molecule has 1 heterocycles. The zero-order valence-corrected chi connectivity index (χ0v) is 12.7. The van der Waals surface area contributed by atoms with Crippen LogP contribution in [0.5, 0.6) is 0 Å². The van der Waals surface area contributed by atoms with Crippen LogP contribution in [0.3, 0.4) is 0 Å². The number of rotatable bonds is 5. The van der Waals surface area contributed by atoms with Gasteiger partial charge < -0.3 is 9.73 Å². The molecule has 1 aromatic heterocycles. The highest BCUT2D eigenvalue weighted by atomic mass is 16.3. The largest absolute Gasteiger partial charge is 0.468 e. The summed E-state index contributed by atoms with van der Waals surface area (Å²) in [6.45, 7) is 5.71. The van der Waals surface area contributed by atoms with Gasteiger partial charge in [0, 0.05) is 12.6 Å². The Morgan fingerprint density at radius 3 is 2.79 bits per heavy atom. The second kappa shape index (κ2) is 6.58. The van der Waals surface area contributed by atoms with Crippen molar-refractivity contribution in [2.45, 2.75) is 45.2 Å². The van der Waals surface area contributed by atoms with Gasteiger partial charge in [0.2, 0.25) is 0 Å². The van der Waals surface area contributed by atoms with E-state index in [4.69, 9.17) is 4.42 Å². The average molecular weight is 264 g/mol. The summed E-state index contributed by atoms with van der Waals surface area (Å²) in [4.78, 5) is 2.22. The van der Waals surface area contributed by atoms with Gasteiger partial charge in [0.1, 0.15) is 5.76 Å². The van der Waals surface area contributed by atoms with Crippen molar-refractivity contribution in [2.24, 2.45) is 11.8 Å². The van der Waals surface area contributed by atoms with Crippen molar-refractivity contribution >= 4 is 0 Å². The first-order chi connectivity index (χ1) is 9.08. The van der Waals surface area contributed by atoms with E-state index in [9.17, 15) is 0 Å². The van der Waals surface area contributed by atoms with Gasteiger partial charge in [-0.25, -0.2) is 0 Å². The van der Waals surface area contributed by atoms with Gasteiger partial charge in [0.15, 0.2) is 0 Å². The van der Waals surface area contributed by atoms with Gasteiger partial charge in [0.25, 0.3) is 0 Å². The fourth-order valence-corrected chi connectivity index (χ4v) is 3.10. The highest BCUT2D eigenvalue weighted by Gasteiger charge is 2.26. The Hall–Kier alpha value is -0.800. The molecule has 2 rings (SSSR count). The molecule has 0 spiro atoms. The topological polar surface area (TPSA) is 28.4 Å². The Labute approximate surface area is 117 Å². The van der Waals surface area contributed by atoms with Crippen molar-refractivity contribution in [3.8, 4) is 0 Å². The molecule has 3 heteroatoms. The maximum Gasteiger partial charge on any atom is 0.122 e. The van der Waals surface area contributed by atoms with Crippen LogP contribution in [0.2, 0.25) is 0 Å². The molecule has 1 aliphatic rings. The van der Waals surface area contributed by atoms with Crippen LogP contribution in [-0.2, 0) is 0 Å². The minimum Gasteiger partial charge on any atom is -0.468 e. The third kappa shape index (κ3) is 3.83. The fraction of sp³-hybridized carbons (Fsp3) is 0.750.